The van der Waals surface area contributed by atoms with Crippen LogP contribution in [0.4, 0.5) is 4.79 Å². The van der Waals surface area contributed by atoms with Crippen LogP contribution in [0.3, 0.4) is 0 Å². The quantitative estimate of drug-likeness (QED) is 0.103. The van der Waals surface area contributed by atoms with E-state index in [9.17, 15) is 19.5 Å². The second-order valence-electron chi connectivity index (χ2n) is 15.5. The zero-order valence-electron chi connectivity index (χ0n) is 32.1. The van der Waals surface area contributed by atoms with E-state index in [0.717, 1.165) is 43.2 Å². The molecular weight excluding hydrogens is 695 g/mol. The Morgan fingerprint density at radius 3 is 2.42 bits per heavy atom. The number of carbonyl (C=O) groups is 3. The number of aromatic nitrogens is 1. The van der Waals surface area contributed by atoms with Crippen LogP contribution in [0.5, 0.6) is 11.5 Å². The molecule has 2 amide bonds. The van der Waals surface area contributed by atoms with Crippen LogP contribution in [0.2, 0.25) is 0 Å². The highest BCUT2D eigenvalue weighted by Crippen LogP contribution is 2.36. The largest absolute Gasteiger partial charge is 0.497 e. The fourth-order valence-electron chi connectivity index (χ4n) is 7.36. The molecule has 1 fully saturated rings. The van der Waals surface area contributed by atoms with Gasteiger partial charge in [0.1, 0.15) is 17.1 Å². The Balaban J connectivity index is 1.12. The van der Waals surface area contributed by atoms with E-state index in [0.29, 0.717) is 54.4 Å². The van der Waals surface area contributed by atoms with Crippen LogP contribution in [0.1, 0.15) is 68.8 Å². The molecule has 0 saturated heterocycles. The van der Waals surface area contributed by atoms with E-state index in [-0.39, 0.29) is 23.3 Å². The van der Waals surface area contributed by atoms with Crippen LogP contribution in [-0.2, 0) is 16.0 Å². The molecule has 1 atom stereocenters. The topological polar surface area (TPSA) is 136 Å². The van der Waals surface area contributed by atoms with Crippen molar-refractivity contribution in [3.63, 3.8) is 0 Å². The molecule has 0 radical (unpaired) electrons. The summed E-state index contributed by atoms with van der Waals surface area (Å²) in [5, 5.41) is 18.9. The van der Waals surface area contributed by atoms with Crippen molar-refractivity contribution in [3.05, 3.63) is 102 Å². The van der Waals surface area contributed by atoms with E-state index >= 15 is 0 Å². The fraction of sp³-hybridized carbons (Fsp3) is 0.378. The van der Waals surface area contributed by atoms with Crippen LogP contribution in [0.25, 0.3) is 32.8 Å². The highest BCUT2D eigenvalue weighted by atomic mass is 16.6. The minimum absolute atomic E-state index is 0.0616. The summed E-state index contributed by atoms with van der Waals surface area (Å²) in [5.41, 5.74) is 3.04. The lowest BCUT2D eigenvalue weighted by atomic mass is 9.81. The number of carboxylic acids is 1. The van der Waals surface area contributed by atoms with Crippen molar-refractivity contribution < 1.29 is 33.7 Å². The van der Waals surface area contributed by atoms with Crippen molar-refractivity contribution in [2.75, 3.05) is 26.8 Å². The van der Waals surface area contributed by atoms with Gasteiger partial charge in [-0.3, -0.25) is 9.78 Å². The third kappa shape index (κ3) is 10.5. The molecule has 0 bridgehead atoms. The van der Waals surface area contributed by atoms with Gasteiger partial charge in [-0.15, -0.1) is 0 Å². The van der Waals surface area contributed by atoms with E-state index in [1.165, 1.54) is 28.6 Å². The monoisotopic (exact) mass is 745 g/mol. The summed E-state index contributed by atoms with van der Waals surface area (Å²) in [5.74, 6) is 0.673. The highest BCUT2D eigenvalue weighted by Gasteiger charge is 2.28. The Kier molecular flexibility index (Phi) is 12.5. The normalized spacial score (nSPS) is 16.3. The van der Waals surface area contributed by atoms with Gasteiger partial charge < -0.3 is 30.0 Å². The van der Waals surface area contributed by atoms with E-state index in [1.54, 1.807) is 7.11 Å². The highest BCUT2D eigenvalue weighted by molar-refractivity contribution is 6.03. The van der Waals surface area contributed by atoms with Crippen LogP contribution in [0, 0.1) is 17.8 Å². The number of methoxy groups -OCH3 is 1. The van der Waals surface area contributed by atoms with Gasteiger partial charge in [0.2, 0.25) is 5.91 Å². The number of carbonyl (C=O) groups excluding carboxylic acids is 2. The number of alkyl carbamates (subject to hydrolysis) is 1. The van der Waals surface area contributed by atoms with E-state index < -0.39 is 17.7 Å². The second-order valence-corrected chi connectivity index (χ2v) is 15.5. The van der Waals surface area contributed by atoms with Crippen molar-refractivity contribution in [1.82, 2.24) is 15.6 Å². The lowest BCUT2D eigenvalue weighted by Gasteiger charge is -2.29. The van der Waals surface area contributed by atoms with E-state index in [1.807, 2.05) is 69.3 Å². The van der Waals surface area contributed by atoms with Crippen molar-refractivity contribution in [2.45, 2.75) is 64.9 Å². The van der Waals surface area contributed by atoms with Crippen molar-refractivity contribution in [3.8, 4) is 22.6 Å². The number of hydrogen-bond donors (Lipinski definition) is 3. The molecule has 1 heterocycles. The van der Waals surface area contributed by atoms with Gasteiger partial charge in [-0.25, -0.2) is 9.59 Å². The van der Waals surface area contributed by atoms with Crippen molar-refractivity contribution in [2.24, 2.45) is 17.8 Å². The molecule has 55 heavy (non-hydrogen) atoms. The summed E-state index contributed by atoms with van der Waals surface area (Å²) >= 11 is 0. The van der Waals surface area contributed by atoms with Crippen LogP contribution >= 0.6 is 0 Å². The number of fused-ring (bicyclic) bond motifs is 2. The van der Waals surface area contributed by atoms with E-state index in [4.69, 9.17) is 14.2 Å². The summed E-state index contributed by atoms with van der Waals surface area (Å²) in [6.07, 6.45) is 5.84. The smallest absolute Gasteiger partial charge is 0.407 e. The minimum atomic E-state index is -1.01. The molecule has 1 saturated carbocycles. The number of aromatic carboxylic acids is 1. The maximum atomic E-state index is 13.5. The van der Waals surface area contributed by atoms with Crippen LogP contribution in [-0.4, -0.2) is 60.5 Å². The van der Waals surface area contributed by atoms with E-state index in [2.05, 4.69) is 45.9 Å². The molecule has 288 valence electrons. The average molecular weight is 746 g/mol. The predicted octanol–water partition coefficient (Wildman–Crippen LogP) is 8.84. The number of carboxylic acid groups (broad SMARTS) is 1. The first-order chi connectivity index (χ1) is 26.5. The number of hydrogen-bond acceptors (Lipinski definition) is 7. The summed E-state index contributed by atoms with van der Waals surface area (Å²) in [6, 6.07) is 27.5. The Labute approximate surface area is 322 Å². The first-order valence-electron chi connectivity index (χ1n) is 19.1. The van der Waals surface area contributed by atoms with Gasteiger partial charge in [0.05, 0.1) is 24.8 Å². The zero-order valence-corrected chi connectivity index (χ0v) is 32.1. The lowest BCUT2D eigenvalue weighted by Crippen LogP contribution is -2.39. The Bertz CT molecular complexity index is 2140. The summed E-state index contributed by atoms with van der Waals surface area (Å²) in [7, 11) is 1.61. The van der Waals surface area contributed by atoms with Gasteiger partial charge in [-0.1, -0.05) is 48.5 Å². The molecule has 4 aromatic carbocycles. The molecule has 5 aromatic rings. The SMILES string of the molecule is COc1ccc(-c2ccc3nccc(C(=O)O)c3c2)c(OCC[C@H](CNC(=O)C2CCC(CNC(=O)OC(C)(C)C)CC2)Cc2ccc3ccccc3c2)c1. The third-order valence-electron chi connectivity index (χ3n) is 10.3. The molecule has 1 aliphatic rings. The predicted molar refractivity (Wildman–Crippen MR) is 215 cm³/mol. The number of benzene rings is 4. The molecule has 0 aliphatic heterocycles. The molecule has 0 unspecified atom stereocenters. The summed E-state index contributed by atoms with van der Waals surface area (Å²) < 4.78 is 17.4. The lowest BCUT2D eigenvalue weighted by molar-refractivity contribution is -0.126. The molecule has 3 N–H and O–H groups in total. The maximum Gasteiger partial charge on any atom is 0.407 e. The summed E-state index contributed by atoms with van der Waals surface area (Å²) in [6.45, 7) is 6.98. The first-order valence-corrected chi connectivity index (χ1v) is 19.1. The van der Waals surface area contributed by atoms with Gasteiger partial charge in [0.25, 0.3) is 0 Å². The number of rotatable bonds is 14. The number of ether oxygens (including phenoxy) is 3. The van der Waals surface area contributed by atoms with Crippen molar-refractivity contribution in [1.29, 1.82) is 0 Å². The second kappa shape index (κ2) is 17.7. The van der Waals surface area contributed by atoms with Crippen molar-refractivity contribution >= 4 is 39.6 Å². The molecule has 10 heteroatoms. The fourth-order valence-corrected chi connectivity index (χ4v) is 7.36. The molecule has 0 spiro atoms. The minimum Gasteiger partial charge on any atom is -0.497 e. The van der Waals surface area contributed by atoms with Gasteiger partial charge in [-0.05, 0) is 123 Å². The molecule has 10 nitrogen and oxygen atoms in total. The summed E-state index contributed by atoms with van der Waals surface area (Å²) in [4.78, 5) is 42.0. The maximum absolute atomic E-state index is 13.5. The average Bonchev–Trinajstić information content (AvgIpc) is 3.17. The number of amides is 2. The standard InChI is InChI=1S/C45H51N3O7/c1-45(2,3)55-44(52)48-27-29-9-13-33(14-10-29)42(49)47-28-31(23-30-11-12-32-7-5-6-8-34(32)24-30)20-22-54-41-26-36(53-4)16-17-37(41)35-15-18-40-39(25-35)38(43(50)51)19-21-46-40/h5-8,11-12,15-19,21,24-26,29,31,33H,9-10,13-14,20,22-23,27-28H2,1-4H3,(H,47,49)(H,48,52)(H,50,51)/t29?,31-,33?/m0/s1. The molecular formula is C45H51N3O7. The van der Waals surface area contributed by atoms with Gasteiger partial charge in [0, 0.05) is 42.2 Å². The van der Waals surface area contributed by atoms with Crippen LogP contribution < -0.4 is 20.1 Å². The number of nitrogens with one attached hydrogen (secondary N) is 2. The Hall–Kier alpha value is -5.64. The molecule has 1 aromatic heterocycles. The number of pyridine rings is 1. The van der Waals surface area contributed by atoms with Gasteiger partial charge in [-0.2, -0.15) is 0 Å². The Morgan fingerprint density at radius 2 is 1.67 bits per heavy atom. The zero-order chi connectivity index (χ0) is 39.0. The molecule has 1 aliphatic carbocycles. The van der Waals surface area contributed by atoms with Gasteiger partial charge in [0.15, 0.2) is 0 Å². The third-order valence-corrected chi connectivity index (χ3v) is 10.3. The Morgan fingerprint density at radius 1 is 0.891 bits per heavy atom. The van der Waals surface area contributed by atoms with Gasteiger partial charge >= 0.3 is 12.1 Å². The number of nitrogens with zero attached hydrogens (tertiary/aromatic N) is 1. The van der Waals surface area contributed by atoms with Crippen LogP contribution in [0.15, 0.2) is 91.1 Å². The molecule has 6 rings (SSSR count). The first kappa shape index (κ1) is 39.1.